The molecule has 0 aromatic heterocycles. The average molecular weight is 199 g/mol. The van der Waals surface area contributed by atoms with Crippen LogP contribution in [0.15, 0.2) is 0 Å². The normalized spacial score (nSPS) is 27.7. The summed E-state index contributed by atoms with van der Waals surface area (Å²) >= 11 is 0. The molecule has 1 aliphatic heterocycles. The van der Waals surface area contributed by atoms with Gasteiger partial charge < -0.3 is 10.1 Å². The quantitative estimate of drug-likeness (QED) is 0.701. The van der Waals surface area contributed by atoms with Gasteiger partial charge in [-0.2, -0.15) is 0 Å². The highest BCUT2D eigenvalue weighted by Crippen LogP contribution is 2.24. The molecule has 2 unspecified atom stereocenters. The first-order valence-electron chi connectivity index (χ1n) is 5.55. The van der Waals surface area contributed by atoms with Gasteiger partial charge in [-0.25, -0.2) is 0 Å². The average Bonchev–Trinajstić information content (AvgIpc) is 2.18. The molecule has 0 amide bonds. The van der Waals surface area contributed by atoms with Crippen LogP contribution in [0, 0.1) is 11.8 Å². The zero-order chi connectivity index (χ0) is 10.6. The number of rotatable bonds is 3. The molecule has 1 fully saturated rings. The van der Waals surface area contributed by atoms with Crippen LogP contribution < -0.4 is 5.32 Å². The molecular formula is C11H21NO2. The third kappa shape index (κ3) is 2.98. The van der Waals surface area contributed by atoms with Crippen LogP contribution >= 0.6 is 0 Å². The number of nitrogens with one attached hydrogen (secondary N) is 1. The van der Waals surface area contributed by atoms with Gasteiger partial charge in [0.05, 0.1) is 6.61 Å². The Labute approximate surface area is 86.2 Å². The fourth-order valence-corrected chi connectivity index (χ4v) is 1.97. The van der Waals surface area contributed by atoms with E-state index in [4.69, 9.17) is 4.74 Å². The van der Waals surface area contributed by atoms with Gasteiger partial charge in [0.15, 0.2) is 0 Å². The molecule has 1 aliphatic rings. The minimum absolute atomic E-state index is 0.0731. The van der Waals surface area contributed by atoms with E-state index in [2.05, 4.69) is 19.2 Å². The second-order valence-corrected chi connectivity index (χ2v) is 4.29. The first-order chi connectivity index (χ1) is 6.65. The van der Waals surface area contributed by atoms with E-state index in [1.807, 2.05) is 6.92 Å². The first kappa shape index (κ1) is 11.5. The van der Waals surface area contributed by atoms with Crippen molar-refractivity contribution in [2.24, 2.45) is 11.8 Å². The van der Waals surface area contributed by atoms with Gasteiger partial charge in [0, 0.05) is 0 Å². The summed E-state index contributed by atoms with van der Waals surface area (Å²) in [6.45, 7) is 7.70. The zero-order valence-electron chi connectivity index (χ0n) is 9.38. The van der Waals surface area contributed by atoms with E-state index in [-0.39, 0.29) is 12.0 Å². The smallest absolute Gasteiger partial charge is 0.323 e. The van der Waals surface area contributed by atoms with Crippen molar-refractivity contribution in [3.8, 4) is 0 Å². The van der Waals surface area contributed by atoms with Gasteiger partial charge in [-0.05, 0) is 38.1 Å². The predicted octanol–water partition coefficient (Wildman–Crippen LogP) is 1.57. The van der Waals surface area contributed by atoms with Crippen LogP contribution in [0.4, 0.5) is 0 Å². The van der Waals surface area contributed by atoms with Gasteiger partial charge in [-0.15, -0.1) is 0 Å². The lowest BCUT2D eigenvalue weighted by Crippen LogP contribution is -2.45. The molecule has 82 valence electrons. The van der Waals surface area contributed by atoms with Gasteiger partial charge >= 0.3 is 5.97 Å². The van der Waals surface area contributed by atoms with Crippen LogP contribution in [0.3, 0.4) is 0 Å². The highest BCUT2D eigenvalue weighted by molar-refractivity contribution is 5.75. The zero-order valence-corrected chi connectivity index (χ0v) is 9.38. The van der Waals surface area contributed by atoms with Crippen molar-refractivity contribution in [3.63, 3.8) is 0 Å². The van der Waals surface area contributed by atoms with Crippen molar-refractivity contribution in [2.45, 2.75) is 39.7 Å². The summed E-state index contributed by atoms with van der Waals surface area (Å²) in [7, 11) is 0. The summed E-state index contributed by atoms with van der Waals surface area (Å²) in [5, 5.41) is 3.21. The maximum absolute atomic E-state index is 11.5. The van der Waals surface area contributed by atoms with Crippen LogP contribution in [-0.2, 0) is 9.53 Å². The van der Waals surface area contributed by atoms with E-state index in [0.29, 0.717) is 18.4 Å². The lowest BCUT2D eigenvalue weighted by Gasteiger charge is -2.31. The van der Waals surface area contributed by atoms with Crippen molar-refractivity contribution in [3.05, 3.63) is 0 Å². The number of hydrogen-bond donors (Lipinski definition) is 1. The van der Waals surface area contributed by atoms with Gasteiger partial charge in [0.2, 0.25) is 0 Å². The molecule has 0 aliphatic carbocycles. The number of esters is 1. The number of piperidine rings is 1. The molecule has 0 saturated carbocycles. The lowest BCUT2D eigenvalue weighted by atomic mass is 9.84. The molecule has 0 radical (unpaired) electrons. The fourth-order valence-electron chi connectivity index (χ4n) is 1.97. The molecule has 0 aromatic rings. The highest BCUT2D eigenvalue weighted by atomic mass is 16.5. The summed E-state index contributed by atoms with van der Waals surface area (Å²) in [5.41, 5.74) is 0. The number of carbonyl (C=O) groups excluding carboxylic acids is 1. The minimum atomic E-state index is -0.0853. The monoisotopic (exact) mass is 199 g/mol. The minimum Gasteiger partial charge on any atom is -0.465 e. The summed E-state index contributed by atoms with van der Waals surface area (Å²) in [6.07, 6.45) is 2.10. The van der Waals surface area contributed by atoms with Crippen LogP contribution in [-0.4, -0.2) is 25.2 Å². The third-order valence-electron chi connectivity index (χ3n) is 2.96. The number of carbonyl (C=O) groups is 1. The van der Waals surface area contributed by atoms with Crippen LogP contribution in [0.25, 0.3) is 0 Å². The van der Waals surface area contributed by atoms with Gasteiger partial charge in [0.1, 0.15) is 6.04 Å². The molecule has 1 heterocycles. The summed E-state index contributed by atoms with van der Waals surface area (Å²) in [6, 6.07) is -0.0731. The van der Waals surface area contributed by atoms with Crippen molar-refractivity contribution >= 4 is 5.97 Å². The molecule has 3 heteroatoms. The highest BCUT2D eigenvalue weighted by Gasteiger charge is 2.28. The molecule has 2 atom stereocenters. The summed E-state index contributed by atoms with van der Waals surface area (Å²) in [5.74, 6) is 1.23. The third-order valence-corrected chi connectivity index (χ3v) is 2.96. The van der Waals surface area contributed by atoms with Crippen LogP contribution in [0.1, 0.15) is 33.6 Å². The second kappa shape index (κ2) is 5.35. The van der Waals surface area contributed by atoms with Crippen molar-refractivity contribution in [2.75, 3.05) is 13.2 Å². The Morgan fingerprint density at radius 1 is 1.57 bits per heavy atom. The molecular weight excluding hydrogens is 178 g/mol. The molecule has 3 nitrogen and oxygen atoms in total. The standard InChI is InChI=1S/C11H21NO2/c1-4-14-11(13)10-7-9(8(2)3)5-6-12-10/h8-10,12H,4-7H2,1-3H3. The van der Waals surface area contributed by atoms with E-state index in [0.717, 1.165) is 13.0 Å². The van der Waals surface area contributed by atoms with Gasteiger partial charge in [0.25, 0.3) is 0 Å². The Bertz CT molecular complexity index is 192. The molecule has 0 bridgehead atoms. The largest absolute Gasteiger partial charge is 0.465 e. The Morgan fingerprint density at radius 2 is 2.29 bits per heavy atom. The second-order valence-electron chi connectivity index (χ2n) is 4.29. The van der Waals surface area contributed by atoms with Crippen LogP contribution in [0.5, 0.6) is 0 Å². The summed E-state index contributed by atoms with van der Waals surface area (Å²) in [4.78, 5) is 11.5. The molecule has 0 spiro atoms. The van der Waals surface area contributed by atoms with Crippen LogP contribution in [0.2, 0.25) is 0 Å². The maximum Gasteiger partial charge on any atom is 0.323 e. The number of hydrogen-bond acceptors (Lipinski definition) is 3. The number of ether oxygens (including phenoxy) is 1. The van der Waals surface area contributed by atoms with E-state index in [1.165, 1.54) is 6.42 Å². The van der Waals surface area contributed by atoms with Crippen molar-refractivity contribution < 1.29 is 9.53 Å². The first-order valence-corrected chi connectivity index (χ1v) is 5.55. The Morgan fingerprint density at radius 3 is 2.86 bits per heavy atom. The molecule has 0 aromatic carbocycles. The predicted molar refractivity (Wildman–Crippen MR) is 56.0 cm³/mol. The molecule has 1 rings (SSSR count). The van der Waals surface area contributed by atoms with E-state index < -0.39 is 0 Å². The van der Waals surface area contributed by atoms with Crippen molar-refractivity contribution in [1.82, 2.24) is 5.32 Å². The van der Waals surface area contributed by atoms with Gasteiger partial charge in [-0.1, -0.05) is 13.8 Å². The Balaban J connectivity index is 2.43. The van der Waals surface area contributed by atoms with Crippen molar-refractivity contribution in [1.29, 1.82) is 0 Å². The molecule has 1 saturated heterocycles. The SMILES string of the molecule is CCOC(=O)C1CC(C(C)C)CCN1. The summed E-state index contributed by atoms with van der Waals surface area (Å²) < 4.78 is 5.01. The Hall–Kier alpha value is -0.570. The van der Waals surface area contributed by atoms with E-state index in [1.54, 1.807) is 0 Å². The maximum atomic E-state index is 11.5. The fraction of sp³-hybridized carbons (Fsp3) is 0.909. The topological polar surface area (TPSA) is 38.3 Å². The van der Waals surface area contributed by atoms with E-state index in [9.17, 15) is 4.79 Å². The lowest BCUT2D eigenvalue weighted by molar-refractivity contribution is -0.146. The van der Waals surface area contributed by atoms with Gasteiger partial charge in [-0.3, -0.25) is 4.79 Å². The molecule has 1 N–H and O–H groups in total. The Kier molecular flexibility index (Phi) is 4.39. The van der Waals surface area contributed by atoms with E-state index >= 15 is 0 Å². The molecule has 14 heavy (non-hydrogen) atoms.